The van der Waals surface area contributed by atoms with Crippen molar-refractivity contribution in [2.75, 3.05) is 0 Å². The minimum atomic E-state index is -0.803. The number of hydrogen-bond acceptors (Lipinski definition) is 4. The average molecular weight is 266 g/mol. The fraction of sp³-hybridized carbons (Fsp3) is 0.714. The number of nitrogens with zero attached hydrogens (tertiary/aromatic N) is 1. The molecule has 5 heteroatoms. The molecule has 1 atom stereocenters. The first-order valence-corrected chi connectivity index (χ1v) is 6.86. The van der Waals surface area contributed by atoms with Crippen LogP contribution < -0.4 is 5.32 Å². The van der Waals surface area contributed by atoms with E-state index in [-0.39, 0.29) is 18.4 Å². The van der Waals surface area contributed by atoms with Gasteiger partial charge in [-0.05, 0) is 33.6 Å². The van der Waals surface area contributed by atoms with Crippen LogP contribution >= 0.6 is 0 Å². The van der Waals surface area contributed by atoms with E-state index in [1.165, 1.54) is 0 Å². The third-order valence-electron chi connectivity index (χ3n) is 3.92. The topological polar surface area (TPSA) is 75.4 Å². The summed E-state index contributed by atoms with van der Waals surface area (Å²) in [5.74, 6) is 0.613. The number of aromatic nitrogens is 1. The third kappa shape index (κ3) is 3.15. The quantitative estimate of drug-likeness (QED) is 0.875. The molecule has 1 heterocycles. The van der Waals surface area contributed by atoms with Gasteiger partial charge in [-0.2, -0.15) is 0 Å². The van der Waals surface area contributed by atoms with E-state index in [2.05, 4.69) is 10.5 Å². The molecular weight excluding hydrogens is 244 g/mol. The minimum Gasteiger partial charge on any atom is -0.389 e. The Hall–Kier alpha value is -1.36. The van der Waals surface area contributed by atoms with Crippen LogP contribution in [0.2, 0.25) is 0 Å². The Balaban J connectivity index is 1.95. The van der Waals surface area contributed by atoms with Gasteiger partial charge in [0.25, 0.3) is 0 Å². The Labute approximate surface area is 113 Å². The highest BCUT2D eigenvalue weighted by atomic mass is 16.5. The molecule has 0 aliphatic heterocycles. The van der Waals surface area contributed by atoms with Crippen LogP contribution in [0.15, 0.2) is 4.52 Å². The summed E-state index contributed by atoms with van der Waals surface area (Å²) in [6.07, 6.45) is 3.63. The zero-order valence-electron chi connectivity index (χ0n) is 11.8. The summed E-state index contributed by atoms with van der Waals surface area (Å²) >= 11 is 0. The Morgan fingerprint density at radius 1 is 1.47 bits per heavy atom. The summed E-state index contributed by atoms with van der Waals surface area (Å²) in [5, 5.41) is 17.0. The van der Waals surface area contributed by atoms with E-state index in [0.717, 1.165) is 42.7 Å². The highest BCUT2D eigenvalue weighted by Crippen LogP contribution is 2.32. The molecule has 1 aromatic rings. The van der Waals surface area contributed by atoms with Gasteiger partial charge in [0.2, 0.25) is 5.91 Å². The standard InChI is InChI=1S/C14H22N2O3/c1-9(13-10(2)16-19-11(13)3)15-12(17)8-14(18)6-4-5-7-14/h9,18H,4-8H2,1-3H3,(H,15,17). The van der Waals surface area contributed by atoms with Gasteiger partial charge in [0.1, 0.15) is 5.76 Å². The number of carbonyl (C=O) groups is 1. The normalized spacial score (nSPS) is 19.4. The summed E-state index contributed by atoms with van der Waals surface area (Å²) in [6, 6.07) is -0.149. The molecule has 1 saturated carbocycles. The number of rotatable bonds is 4. The molecule has 1 unspecified atom stereocenters. The summed E-state index contributed by atoms with van der Waals surface area (Å²) in [4.78, 5) is 12.0. The van der Waals surface area contributed by atoms with Crippen LogP contribution in [0.1, 0.15) is 62.1 Å². The summed E-state index contributed by atoms with van der Waals surface area (Å²) in [6.45, 7) is 5.60. The maximum Gasteiger partial charge on any atom is 0.223 e. The molecule has 1 aliphatic carbocycles. The van der Waals surface area contributed by atoms with E-state index in [1.54, 1.807) is 0 Å². The molecule has 2 N–H and O–H groups in total. The van der Waals surface area contributed by atoms with Crippen LogP contribution in [0.3, 0.4) is 0 Å². The predicted octanol–water partition coefficient (Wildman–Crippen LogP) is 2.16. The van der Waals surface area contributed by atoms with E-state index in [1.807, 2.05) is 20.8 Å². The lowest BCUT2D eigenvalue weighted by Gasteiger charge is -2.22. The Morgan fingerprint density at radius 3 is 2.63 bits per heavy atom. The molecule has 2 rings (SSSR count). The van der Waals surface area contributed by atoms with Crippen LogP contribution in [-0.4, -0.2) is 21.8 Å². The van der Waals surface area contributed by atoms with E-state index < -0.39 is 5.60 Å². The van der Waals surface area contributed by atoms with Crippen molar-refractivity contribution in [3.8, 4) is 0 Å². The van der Waals surface area contributed by atoms with Crippen molar-refractivity contribution in [3.63, 3.8) is 0 Å². The summed E-state index contributed by atoms with van der Waals surface area (Å²) in [5.41, 5.74) is 0.916. The maximum atomic E-state index is 12.0. The molecule has 0 bridgehead atoms. The second kappa shape index (κ2) is 5.33. The molecule has 106 valence electrons. The van der Waals surface area contributed by atoms with Crippen molar-refractivity contribution < 1.29 is 14.4 Å². The molecular formula is C14H22N2O3. The molecule has 1 amide bonds. The molecule has 5 nitrogen and oxygen atoms in total. The van der Waals surface area contributed by atoms with Crippen LogP contribution in [0.25, 0.3) is 0 Å². The number of amides is 1. The smallest absolute Gasteiger partial charge is 0.223 e. The van der Waals surface area contributed by atoms with Gasteiger partial charge in [0.05, 0.1) is 23.8 Å². The average Bonchev–Trinajstić information content (AvgIpc) is 2.85. The van der Waals surface area contributed by atoms with Crippen LogP contribution in [0, 0.1) is 13.8 Å². The van der Waals surface area contributed by atoms with Crippen molar-refractivity contribution in [2.45, 2.75) is 64.5 Å². The molecule has 0 aromatic carbocycles. The van der Waals surface area contributed by atoms with Gasteiger partial charge < -0.3 is 14.9 Å². The SMILES string of the molecule is Cc1noc(C)c1C(C)NC(=O)CC1(O)CCCC1. The molecule has 0 radical (unpaired) electrons. The Bertz CT molecular complexity index is 442. The van der Waals surface area contributed by atoms with Gasteiger partial charge >= 0.3 is 0 Å². The zero-order chi connectivity index (χ0) is 14.0. The monoisotopic (exact) mass is 266 g/mol. The largest absolute Gasteiger partial charge is 0.389 e. The van der Waals surface area contributed by atoms with Gasteiger partial charge in [-0.25, -0.2) is 0 Å². The number of carbonyl (C=O) groups excluding carboxylic acids is 1. The first-order chi connectivity index (χ1) is 8.91. The highest BCUT2D eigenvalue weighted by Gasteiger charge is 2.34. The third-order valence-corrected chi connectivity index (χ3v) is 3.92. The molecule has 0 spiro atoms. The summed E-state index contributed by atoms with van der Waals surface area (Å²) < 4.78 is 5.10. The highest BCUT2D eigenvalue weighted by molar-refractivity contribution is 5.77. The predicted molar refractivity (Wildman–Crippen MR) is 70.6 cm³/mol. The van der Waals surface area contributed by atoms with Crippen LogP contribution in [-0.2, 0) is 4.79 Å². The molecule has 1 aromatic heterocycles. The Kier molecular flexibility index (Phi) is 3.94. The van der Waals surface area contributed by atoms with Gasteiger partial charge in [-0.3, -0.25) is 4.79 Å². The van der Waals surface area contributed by atoms with E-state index in [0.29, 0.717) is 0 Å². The van der Waals surface area contributed by atoms with E-state index in [4.69, 9.17) is 4.52 Å². The molecule has 1 aliphatic rings. The Morgan fingerprint density at radius 2 is 2.11 bits per heavy atom. The molecule has 1 fully saturated rings. The number of aliphatic hydroxyl groups is 1. The first-order valence-electron chi connectivity index (χ1n) is 6.86. The van der Waals surface area contributed by atoms with Gasteiger partial charge in [-0.15, -0.1) is 0 Å². The molecule has 0 saturated heterocycles. The van der Waals surface area contributed by atoms with E-state index in [9.17, 15) is 9.90 Å². The first kappa shape index (κ1) is 14.1. The summed E-state index contributed by atoms with van der Waals surface area (Å²) in [7, 11) is 0. The van der Waals surface area contributed by atoms with Crippen molar-refractivity contribution in [3.05, 3.63) is 17.0 Å². The van der Waals surface area contributed by atoms with Gasteiger partial charge in [0.15, 0.2) is 0 Å². The van der Waals surface area contributed by atoms with Crippen molar-refractivity contribution in [1.29, 1.82) is 0 Å². The lowest BCUT2D eigenvalue weighted by Crippen LogP contribution is -2.36. The molecule has 19 heavy (non-hydrogen) atoms. The number of nitrogens with one attached hydrogen (secondary N) is 1. The lowest BCUT2D eigenvalue weighted by atomic mass is 9.97. The fourth-order valence-electron chi connectivity index (χ4n) is 2.98. The van der Waals surface area contributed by atoms with Crippen molar-refractivity contribution in [1.82, 2.24) is 10.5 Å². The van der Waals surface area contributed by atoms with Crippen molar-refractivity contribution in [2.24, 2.45) is 0 Å². The lowest BCUT2D eigenvalue weighted by molar-refractivity contribution is -0.126. The second-order valence-electron chi connectivity index (χ2n) is 5.64. The van der Waals surface area contributed by atoms with Crippen LogP contribution in [0.5, 0.6) is 0 Å². The van der Waals surface area contributed by atoms with Crippen LogP contribution in [0.4, 0.5) is 0 Å². The second-order valence-corrected chi connectivity index (χ2v) is 5.64. The fourth-order valence-corrected chi connectivity index (χ4v) is 2.98. The number of aryl methyl sites for hydroxylation is 2. The minimum absolute atomic E-state index is 0.114. The number of hydrogen-bond donors (Lipinski definition) is 2. The zero-order valence-corrected chi connectivity index (χ0v) is 11.8. The van der Waals surface area contributed by atoms with Crippen molar-refractivity contribution >= 4 is 5.91 Å². The van der Waals surface area contributed by atoms with Gasteiger partial charge in [-0.1, -0.05) is 18.0 Å². The van der Waals surface area contributed by atoms with Gasteiger partial charge in [0, 0.05) is 5.56 Å². The van der Waals surface area contributed by atoms with E-state index >= 15 is 0 Å². The maximum absolute atomic E-state index is 12.0.